The molecule has 3 aromatic rings. The van der Waals surface area contributed by atoms with Crippen molar-refractivity contribution < 1.29 is 9.18 Å². The second kappa shape index (κ2) is 8.93. The topological polar surface area (TPSA) is 90.5 Å². The van der Waals surface area contributed by atoms with Gasteiger partial charge in [-0.2, -0.15) is 5.10 Å². The number of tetrazole rings is 1. The SMILES string of the molecule is Cc1cc(C)n(C[C@@H](C)CNC(=O)[C@@H](Cc2cccc(F)c2)n2nnnc2C)n1. The summed E-state index contributed by atoms with van der Waals surface area (Å²) in [4.78, 5) is 13.0. The average molecular weight is 399 g/mol. The van der Waals surface area contributed by atoms with Gasteiger partial charge < -0.3 is 5.32 Å². The van der Waals surface area contributed by atoms with Crippen LogP contribution in [0.1, 0.15) is 35.7 Å². The van der Waals surface area contributed by atoms with Crippen LogP contribution in [0.4, 0.5) is 4.39 Å². The fourth-order valence-corrected chi connectivity index (χ4v) is 3.32. The van der Waals surface area contributed by atoms with Gasteiger partial charge in [-0.25, -0.2) is 9.07 Å². The largest absolute Gasteiger partial charge is 0.354 e. The van der Waals surface area contributed by atoms with Crippen molar-refractivity contribution in [1.29, 1.82) is 0 Å². The third-order valence-corrected chi connectivity index (χ3v) is 4.79. The van der Waals surface area contributed by atoms with E-state index in [0.29, 0.717) is 30.9 Å². The second-order valence-electron chi connectivity index (χ2n) is 7.48. The number of aryl methyl sites for hydroxylation is 3. The second-order valence-corrected chi connectivity index (χ2v) is 7.48. The number of amides is 1. The third kappa shape index (κ3) is 5.24. The van der Waals surface area contributed by atoms with Crippen molar-refractivity contribution in [2.45, 2.75) is 46.7 Å². The number of hydrogen-bond donors (Lipinski definition) is 1. The number of carbonyl (C=O) groups is 1. The minimum Gasteiger partial charge on any atom is -0.354 e. The smallest absolute Gasteiger partial charge is 0.245 e. The number of carbonyl (C=O) groups excluding carboxylic acids is 1. The first-order valence-corrected chi connectivity index (χ1v) is 9.61. The van der Waals surface area contributed by atoms with Gasteiger partial charge >= 0.3 is 0 Å². The van der Waals surface area contributed by atoms with Gasteiger partial charge in [-0.15, -0.1) is 5.10 Å². The molecule has 0 aliphatic carbocycles. The molecule has 0 fully saturated rings. The van der Waals surface area contributed by atoms with E-state index in [1.165, 1.54) is 16.8 Å². The Hall–Kier alpha value is -3.10. The van der Waals surface area contributed by atoms with Crippen LogP contribution in [0.5, 0.6) is 0 Å². The lowest BCUT2D eigenvalue weighted by Crippen LogP contribution is -2.38. The Kier molecular flexibility index (Phi) is 6.36. The maximum atomic E-state index is 13.6. The number of nitrogens with zero attached hydrogens (tertiary/aromatic N) is 6. The summed E-state index contributed by atoms with van der Waals surface area (Å²) in [6.07, 6.45) is 0.293. The Morgan fingerprint density at radius 3 is 2.66 bits per heavy atom. The average Bonchev–Trinajstić information content (AvgIpc) is 3.22. The van der Waals surface area contributed by atoms with Gasteiger partial charge in [0.2, 0.25) is 5.91 Å². The van der Waals surface area contributed by atoms with Gasteiger partial charge in [0.05, 0.1) is 5.69 Å². The molecule has 0 unspecified atom stereocenters. The molecule has 9 heteroatoms. The van der Waals surface area contributed by atoms with Gasteiger partial charge in [0, 0.05) is 25.2 Å². The molecule has 2 heterocycles. The van der Waals surface area contributed by atoms with Crippen LogP contribution in [0.15, 0.2) is 30.3 Å². The van der Waals surface area contributed by atoms with Gasteiger partial charge in [0.25, 0.3) is 0 Å². The zero-order valence-corrected chi connectivity index (χ0v) is 17.1. The molecule has 0 saturated heterocycles. The van der Waals surface area contributed by atoms with E-state index in [0.717, 1.165) is 11.4 Å². The van der Waals surface area contributed by atoms with Crippen LogP contribution in [0.2, 0.25) is 0 Å². The van der Waals surface area contributed by atoms with Crippen LogP contribution in [0.25, 0.3) is 0 Å². The lowest BCUT2D eigenvalue weighted by molar-refractivity contribution is -0.124. The standard InChI is InChI=1S/C20H26FN7O/c1-13(12-27-15(3)8-14(2)24-27)11-22-20(29)19(28-16(4)23-25-26-28)10-17-6-5-7-18(21)9-17/h5-9,13,19H,10-12H2,1-4H3,(H,22,29)/t13-,19+/m0/s1. The number of aromatic nitrogens is 6. The molecule has 1 N–H and O–H groups in total. The van der Waals surface area contributed by atoms with Crippen LogP contribution in [0.3, 0.4) is 0 Å². The maximum Gasteiger partial charge on any atom is 0.245 e. The molecule has 8 nitrogen and oxygen atoms in total. The van der Waals surface area contributed by atoms with Crippen molar-refractivity contribution in [3.05, 3.63) is 58.9 Å². The van der Waals surface area contributed by atoms with Crippen LogP contribution in [-0.4, -0.2) is 42.4 Å². The first-order valence-electron chi connectivity index (χ1n) is 9.61. The van der Waals surface area contributed by atoms with Crippen LogP contribution >= 0.6 is 0 Å². The molecular weight excluding hydrogens is 373 g/mol. The summed E-state index contributed by atoms with van der Waals surface area (Å²) < 4.78 is 17.0. The van der Waals surface area contributed by atoms with Crippen molar-refractivity contribution in [2.75, 3.05) is 6.54 Å². The fourth-order valence-electron chi connectivity index (χ4n) is 3.32. The lowest BCUT2D eigenvalue weighted by atomic mass is 10.0. The van der Waals surface area contributed by atoms with Crippen molar-refractivity contribution in [1.82, 2.24) is 35.3 Å². The van der Waals surface area contributed by atoms with Crippen molar-refractivity contribution in [2.24, 2.45) is 5.92 Å². The zero-order chi connectivity index (χ0) is 21.0. The number of rotatable bonds is 8. The lowest BCUT2D eigenvalue weighted by Gasteiger charge is -2.20. The highest BCUT2D eigenvalue weighted by Crippen LogP contribution is 2.16. The summed E-state index contributed by atoms with van der Waals surface area (Å²) in [6, 6.07) is 7.58. The highest BCUT2D eigenvalue weighted by atomic mass is 19.1. The molecule has 0 aliphatic heterocycles. The molecule has 0 saturated carbocycles. The highest BCUT2D eigenvalue weighted by Gasteiger charge is 2.24. The monoisotopic (exact) mass is 399 g/mol. The van der Waals surface area contributed by atoms with Crippen molar-refractivity contribution in [3.63, 3.8) is 0 Å². The first-order chi connectivity index (χ1) is 13.8. The van der Waals surface area contributed by atoms with Crippen molar-refractivity contribution in [3.8, 4) is 0 Å². The Morgan fingerprint density at radius 1 is 1.24 bits per heavy atom. The molecule has 3 rings (SSSR count). The van der Waals surface area contributed by atoms with E-state index in [4.69, 9.17) is 0 Å². The van der Waals surface area contributed by atoms with Gasteiger partial charge in [0.1, 0.15) is 17.7 Å². The molecule has 29 heavy (non-hydrogen) atoms. The molecule has 2 atom stereocenters. The summed E-state index contributed by atoms with van der Waals surface area (Å²) in [6.45, 7) is 8.95. The minimum atomic E-state index is -0.660. The summed E-state index contributed by atoms with van der Waals surface area (Å²) >= 11 is 0. The molecular formula is C20H26FN7O. The molecule has 0 bridgehead atoms. The molecule has 0 aliphatic rings. The molecule has 2 aromatic heterocycles. The molecule has 154 valence electrons. The predicted molar refractivity (Wildman–Crippen MR) is 106 cm³/mol. The van der Waals surface area contributed by atoms with E-state index in [9.17, 15) is 9.18 Å². The number of nitrogens with one attached hydrogen (secondary N) is 1. The summed E-state index contributed by atoms with van der Waals surface area (Å²) in [5.41, 5.74) is 2.77. The Labute approximate surface area is 169 Å². The predicted octanol–water partition coefficient (Wildman–Crippen LogP) is 2.17. The van der Waals surface area contributed by atoms with E-state index in [1.54, 1.807) is 19.1 Å². The molecule has 1 amide bonds. The van der Waals surface area contributed by atoms with E-state index >= 15 is 0 Å². The van der Waals surface area contributed by atoms with Gasteiger partial charge in [-0.05, 0) is 60.9 Å². The third-order valence-electron chi connectivity index (χ3n) is 4.79. The molecule has 0 radical (unpaired) electrons. The Bertz CT molecular complexity index is 981. The Morgan fingerprint density at radius 2 is 2.03 bits per heavy atom. The van der Waals surface area contributed by atoms with Gasteiger partial charge in [-0.1, -0.05) is 19.1 Å². The van der Waals surface area contributed by atoms with E-state index in [2.05, 4.69) is 32.9 Å². The number of benzene rings is 1. The van der Waals surface area contributed by atoms with Gasteiger partial charge in [0.15, 0.2) is 0 Å². The first kappa shape index (κ1) is 20.6. The fraction of sp³-hybridized carbons (Fsp3) is 0.450. The number of halogens is 1. The van der Waals surface area contributed by atoms with Crippen molar-refractivity contribution >= 4 is 5.91 Å². The Balaban J connectivity index is 1.68. The highest BCUT2D eigenvalue weighted by molar-refractivity contribution is 5.80. The van der Waals surface area contributed by atoms with E-state index < -0.39 is 6.04 Å². The van der Waals surface area contributed by atoms with E-state index in [1.807, 2.05) is 24.6 Å². The van der Waals surface area contributed by atoms with Crippen LogP contribution < -0.4 is 5.32 Å². The molecule has 0 spiro atoms. The minimum absolute atomic E-state index is 0.182. The van der Waals surface area contributed by atoms with Crippen LogP contribution in [0, 0.1) is 32.5 Å². The van der Waals surface area contributed by atoms with Crippen LogP contribution in [-0.2, 0) is 17.8 Å². The summed E-state index contributed by atoms with van der Waals surface area (Å²) in [7, 11) is 0. The molecule has 1 aromatic carbocycles. The van der Waals surface area contributed by atoms with Gasteiger partial charge in [-0.3, -0.25) is 9.48 Å². The quantitative estimate of drug-likeness (QED) is 0.627. The normalized spacial score (nSPS) is 13.3. The summed E-state index contributed by atoms with van der Waals surface area (Å²) in [5.74, 6) is 0.164. The maximum absolute atomic E-state index is 13.6. The van der Waals surface area contributed by atoms with E-state index in [-0.39, 0.29) is 17.6 Å². The summed E-state index contributed by atoms with van der Waals surface area (Å²) in [5, 5.41) is 18.9. The number of hydrogen-bond acceptors (Lipinski definition) is 5. The zero-order valence-electron chi connectivity index (χ0n) is 17.1.